The zero-order chi connectivity index (χ0) is 32.4. The third kappa shape index (κ3) is 8.29. The highest BCUT2D eigenvalue weighted by Crippen LogP contribution is 2.31. The Morgan fingerprint density at radius 2 is 1.75 bits per heavy atom. The summed E-state index contributed by atoms with van der Waals surface area (Å²) in [5.41, 5.74) is 6.49. The summed E-state index contributed by atoms with van der Waals surface area (Å²) in [4.78, 5) is 37.9. The number of nitrogen functional groups attached to an aromatic ring is 1. The lowest BCUT2D eigenvalue weighted by Gasteiger charge is -2.16. The second kappa shape index (κ2) is 15.8. The lowest BCUT2D eigenvalue weighted by molar-refractivity contribution is 0.101. The molecule has 4 N–H and O–H groups in total. The maximum atomic E-state index is 14.8. The average Bonchev–Trinajstić information content (AvgIpc) is 3.48. The van der Waals surface area contributed by atoms with Gasteiger partial charge < -0.3 is 16.4 Å². The molecule has 0 spiro atoms. The first-order valence-electron chi connectivity index (χ1n) is 14.2. The number of nitrogens with zero attached hydrogens (tertiary/aromatic N) is 4. The number of benzene rings is 2. The Morgan fingerprint density at radius 3 is 2.32 bits per heavy atom. The van der Waals surface area contributed by atoms with E-state index in [1.54, 1.807) is 18.3 Å². The fourth-order valence-electron chi connectivity index (χ4n) is 4.18. The van der Waals surface area contributed by atoms with Gasteiger partial charge in [-0.1, -0.05) is 45.9 Å². The van der Waals surface area contributed by atoms with E-state index >= 15 is 0 Å². The van der Waals surface area contributed by atoms with E-state index in [0.29, 0.717) is 40.4 Å². The van der Waals surface area contributed by atoms with E-state index in [1.165, 1.54) is 36.5 Å². The number of hydrogen-bond acceptors (Lipinski definition) is 9. The third-order valence-corrected chi connectivity index (χ3v) is 6.83. The van der Waals surface area contributed by atoms with Gasteiger partial charge in [0.05, 0.1) is 5.69 Å². The number of rotatable bonds is 8. The summed E-state index contributed by atoms with van der Waals surface area (Å²) in [6, 6.07) is 11.7. The molecule has 0 saturated carbocycles. The molecule has 0 aliphatic carbocycles. The number of nitrogens with two attached hydrogens (primary N) is 1. The first-order valence-corrected chi connectivity index (χ1v) is 15.1. The molecule has 0 amide bonds. The van der Waals surface area contributed by atoms with Crippen LogP contribution in [0.25, 0.3) is 28.0 Å². The largest absolute Gasteiger partial charge is 0.375 e. The molecule has 0 atom stereocenters. The van der Waals surface area contributed by atoms with Crippen molar-refractivity contribution in [2.45, 2.75) is 47.6 Å². The fraction of sp³-hybridized carbons (Fsp3) is 0.281. The summed E-state index contributed by atoms with van der Waals surface area (Å²) < 4.78 is 30.5. The molecule has 0 fully saturated rings. The van der Waals surface area contributed by atoms with E-state index in [9.17, 15) is 18.4 Å². The first-order chi connectivity index (χ1) is 21.1. The number of Topliss-reactive ketones (excluding diaryl/α,β-unsaturated/α-hetero) is 1. The molecule has 5 rings (SSSR count). The second-order valence-corrected chi connectivity index (χ2v) is 10.6. The Bertz CT molecular complexity index is 1750. The van der Waals surface area contributed by atoms with Crippen molar-refractivity contribution in [3.05, 3.63) is 93.2 Å². The Labute approximate surface area is 259 Å². The molecule has 0 unspecified atom stereocenters. The number of hydrogen-bond donors (Lipinski definition) is 3. The maximum Gasteiger partial charge on any atom is 0.256 e. The van der Waals surface area contributed by atoms with Crippen molar-refractivity contribution in [3.63, 3.8) is 0 Å². The highest BCUT2D eigenvalue weighted by molar-refractivity contribution is 7.13. The van der Waals surface area contributed by atoms with Gasteiger partial charge >= 0.3 is 0 Å². The van der Waals surface area contributed by atoms with Crippen LogP contribution in [-0.2, 0) is 0 Å². The van der Waals surface area contributed by atoms with Crippen molar-refractivity contribution in [1.82, 2.24) is 24.8 Å². The average molecular weight is 622 g/mol. The molecular weight excluding hydrogens is 584 g/mol. The molecule has 3 aromatic heterocycles. The number of anilines is 2. The van der Waals surface area contributed by atoms with Crippen LogP contribution < -0.4 is 21.9 Å². The maximum absolute atomic E-state index is 14.8. The highest BCUT2D eigenvalue weighted by Gasteiger charge is 2.20. The minimum atomic E-state index is -0.893. The van der Waals surface area contributed by atoms with Crippen LogP contribution in [0.4, 0.5) is 19.9 Å². The van der Waals surface area contributed by atoms with Gasteiger partial charge in [-0.25, -0.2) is 18.7 Å². The monoisotopic (exact) mass is 621 g/mol. The van der Waals surface area contributed by atoms with Crippen LogP contribution in [0.5, 0.6) is 0 Å². The van der Waals surface area contributed by atoms with Crippen molar-refractivity contribution in [3.8, 4) is 16.9 Å². The standard InChI is InChI=1S/C27H27F2N5O2.C3H4N2S.C2H6/c1-15(2)30-12-13-31-27-32-24(20-14-18(17(4)35)9-8-16(20)3)19-10-11-23(36)34(26(19)33-27)25-21(28)6-5-7-22(25)29;4-3-5-1-2-6-3;1-2/h5-11,14-15,30H,12-13H2,1-4H3,(H,31,32,33);1-2H,(H2,4,5);1-2H3. The summed E-state index contributed by atoms with van der Waals surface area (Å²) in [6.45, 7) is 12.5. The third-order valence-electron chi connectivity index (χ3n) is 6.22. The number of carbonyl (C=O) groups is 1. The SMILES string of the molecule is CC.CC(=O)c1ccc(C)c(-c2nc(NCCNC(C)C)nc3c2ccc(=O)n3-c2c(F)cccc2F)c1.Nc1nccs1. The fourth-order valence-corrected chi connectivity index (χ4v) is 4.57. The molecule has 0 radical (unpaired) electrons. The molecule has 5 aromatic rings. The molecule has 3 heterocycles. The van der Waals surface area contributed by atoms with E-state index < -0.39 is 22.9 Å². The summed E-state index contributed by atoms with van der Waals surface area (Å²) >= 11 is 1.44. The Kier molecular flexibility index (Phi) is 12.2. The number of halogens is 2. The quantitative estimate of drug-likeness (QED) is 0.134. The van der Waals surface area contributed by atoms with Gasteiger partial charge in [-0.15, -0.1) is 11.3 Å². The van der Waals surface area contributed by atoms with Gasteiger partial charge in [0, 0.05) is 53.3 Å². The number of aromatic nitrogens is 4. The number of para-hydroxylation sites is 1. The van der Waals surface area contributed by atoms with Crippen LogP contribution in [0.3, 0.4) is 0 Å². The Morgan fingerprint density at radius 1 is 1.05 bits per heavy atom. The number of pyridine rings is 1. The predicted octanol–water partition coefficient (Wildman–Crippen LogP) is 6.40. The number of ketones is 1. The van der Waals surface area contributed by atoms with E-state index in [4.69, 9.17) is 10.7 Å². The van der Waals surface area contributed by atoms with Crippen LogP contribution in [0.2, 0.25) is 0 Å². The molecule has 9 nitrogen and oxygen atoms in total. The molecule has 0 saturated heterocycles. The second-order valence-electron chi connectivity index (χ2n) is 9.70. The van der Waals surface area contributed by atoms with Crippen LogP contribution in [-0.4, -0.2) is 44.4 Å². The van der Waals surface area contributed by atoms with Gasteiger partial charge in [0.15, 0.2) is 16.6 Å². The summed E-state index contributed by atoms with van der Waals surface area (Å²) in [5, 5.41) is 9.30. The summed E-state index contributed by atoms with van der Waals surface area (Å²) in [5.74, 6) is -1.71. The Balaban J connectivity index is 0.000000582. The summed E-state index contributed by atoms with van der Waals surface area (Å²) in [7, 11) is 0. The lowest BCUT2D eigenvalue weighted by Crippen LogP contribution is -2.28. The lowest BCUT2D eigenvalue weighted by atomic mass is 9.98. The van der Waals surface area contributed by atoms with Gasteiger partial charge in [0.1, 0.15) is 17.3 Å². The number of thiazole rings is 1. The number of nitrogens with one attached hydrogen (secondary N) is 2. The van der Waals surface area contributed by atoms with E-state index in [2.05, 4.69) is 20.6 Å². The van der Waals surface area contributed by atoms with Crippen LogP contribution in [0, 0.1) is 18.6 Å². The first kappa shape index (κ1) is 33.9. The van der Waals surface area contributed by atoms with Gasteiger partial charge in [0.2, 0.25) is 5.95 Å². The molecule has 2 aromatic carbocycles. The summed E-state index contributed by atoms with van der Waals surface area (Å²) in [6.07, 6.45) is 1.68. The van der Waals surface area contributed by atoms with E-state index in [0.717, 1.165) is 22.3 Å². The number of carbonyl (C=O) groups excluding carboxylic acids is 1. The smallest absolute Gasteiger partial charge is 0.256 e. The normalized spacial score (nSPS) is 10.6. The minimum absolute atomic E-state index is 0.0449. The van der Waals surface area contributed by atoms with Gasteiger partial charge in [-0.05, 0) is 43.7 Å². The van der Waals surface area contributed by atoms with Crippen molar-refractivity contribution >= 4 is 39.2 Å². The van der Waals surface area contributed by atoms with Crippen LogP contribution in [0.1, 0.15) is 50.5 Å². The van der Waals surface area contributed by atoms with E-state index in [1.807, 2.05) is 46.1 Å². The molecule has 44 heavy (non-hydrogen) atoms. The van der Waals surface area contributed by atoms with Crippen molar-refractivity contribution in [2.24, 2.45) is 0 Å². The molecule has 0 aliphatic heterocycles. The predicted molar refractivity (Wildman–Crippen MR) is 175 cm³/mol. The zero-order valence-electron chi connectivity index (χ0n) is 25.6. The van der Waals surface area contributed by atoms with Crippen molar-refractivity contribution < 1.29 is 13.6 Å². The molecule has 0 bridgehead atoms. The van der Waals surface area contributed by atoms with Crippen LogP contribution in [0.15, 0.2) is 64.9 Å². The van der Waals surface area contributed by atoms with Crippen molar-refractivity contribution in [2.75, 3.05) is 24.1 Å². The molecule has 0 aliphatic rings. The van der Waals surface area contributed by atoms with Crippen LogP contribution >= 0.6 is 11.3 Å². The van der Waals surface area contributed by atoms with Crippen molar-refractivity contribution in [1.29, 1.82) is 0 Å². The molecule has 12 heteroatoms. The van der Waals surface area contributed by atoms with Gasteiger partial charge in [-0.3, -0.25) is 14.2 Å². The topological polar surface area (TPSA) is 128 Å². The van der Waals surface area contributed by atoms with Gasteiger partial charge in [-0.2, -0.15) is 4.98 Å². The molecular formula is C32H37F2N7O2S. The number of fused-ring (bicyclic) bond motifs is 1. The van der Waals surface area contributed by atoms with Gasteiger partial charge in [0.25, 0.3) is 5.56 Å². The minimum Gasteiger partial charge on any atom is -0.375 e. The Hall–Kier alpha value is -4.55. The molecule has 232 valence electrons. The highest BCUT2D eigenvalue weighted by atomic mass is 32.1. The van der Waals surface area contributed by atoms with E-state index in [-0.39, 0.29) is 23.4 Å². The zero-order valence-corrected chi connectivity index (χ0v) is 26.4. The number of aryl methyl sites for hydroxylation is 1.